The predicted octanol–water partition coefficient (Wildman–Crippen LogP) is 2.64. The predicted molar refractivity (Wildman–Crippen MR) is 95.0 cm³/mol. The highest BCUT2D eigenvalue weighted by Gasteiger charge is 2.30. The van der Waals surface area contributed by atoms with Gasteiger partial charge in [-0.05, 0) is 31.5 Å². The quantitative estimate of drug-likeness (QED) is 0.759. The molecular formula is C20H23NO4. The highest BCUT2D eigenvalue weighted by Crippen LogP contribution is 2.23. The molecule has 0 saturated carbocycles. The van der Waals surface area contributed by atoms with Crippen LogP contribution in [0, 0.1) is 12.8 Å². The van der Waals surface area contributed by atoms with Crippen LogP contribution >= 0.6 is 0 Å². The maximum atomic E-state index is 12.2. The number of ether oxygens (including phenoxy) is 1. The second kappa shape index (κ2) is 8.99. The van der Waals surface area contributed by atoms with E-state index in [9.17, 15) is 14.7 Å². The highest BCUT2D eigenvalue weighted by atomic mass is 16.5. The summed E-state index contributed by atoms with van der Waals surface area (Å²) in [7, 11) is 0. The van der Waals surface area contributed by atoms with E-state index >= 15 is 0 Å². The van der Waals surface area contributed by atoms with Gasteiger partial charge in [0.2, 0.25) is 0 Å². The number of aliphatic hydroxyl groups is 1. The normalized spacial score (nSPS) is 12.9. The van der Waals surface area contributed by atoms with Gasteiger partial charge in [-0.15, -0.1) is 0 Å². The first-order chi connectivity index (χ1) is 12.0. The molecule has 0 spiro atoms. The van der Waals surface area contributed by atoms with Gasteiger partial charge < -0.3 is 15.2 Å². The van der Waals surface area contributed by atoms with Crippen LogP contribution in [0.1, 0.15) is 34.5 Å². The maximum absolute atomic E-state index is 12.2. The molecule has 132 valence electrons. The summed E-state index contributed by atoms with van der Waals surface area (Å²) < 4.78 is 5.06. The molecule has 2 aromatic rings. The Hall–Kier alpha value is -2.66. The van der Waals surface area contributed by atoms with Crippen molar-refractivity contribution in [2.24, 2.45) is 5.92 Å². The first-order valence-corrected chi connectivity index (χ1v) is 8.27. The van der Waals surface area contributed by atoms with Crippen LogP contribution in [0.5, 0.6) is 0 Å². The lowest BCUT2D eigenvalue weighted by atomic mass is 9.95. The van der Waals surface area contributed by atoms with E-state index in [1.165, 1.54) is 0 Å². The summed E-state index contributed by atoms with van der Waals surface area (Å²) in [6.45, 7) is 3.85. The average Bonchev–Trinajstić information content (AvgIpc) is 2.63. The number of aryl methyl sites for hydroxylation is 1. The lowest BCUT2D eigenvalue weighted by molar-refractivity contribution is -0.151. The Labute approximate surface area is 147 Å². The van der Waals surface area contributed by atoms with Crippen molar-refractivity contribution in [3.8, 4) is 0 Å². The number of carbonyl (C=O) groups is 2. The fourth-order valence-corrected chi connectivity index (χ4v) is 2.46. The third kappa shape index (κ3) is 5.16. The number of nitrogens with one attached hydrogen (secondary N) is 1. The molecule has 5 nitrogen and oxygen atoms in total. The molecule has 0 aromatic heterocycles. The smallest absolute Gasteiger partial charge is 0.313 e. The fourth-order valence-electron chi connectivity index (χ4n) is 2.46. The van der Waals surface area contributed by atoms with Crippen LogP contribution in [-0.2, 0) is 9.53 Å². The van der Waals surface area contributed by atoms with Crippen molar-refractivity contribution >= 4 is 11.9 Å². The van der Waals surface area contributed by atoms with Crippen LogP contribution < -0.4 is 5.32 Å². The Kier molecular flexibility index (Phi) is 6.71. The van der Waals surface area contributed by atoms with E-state index in [-0.39, 0.29) is 19.1 Å². The van der Waals surface area contributed by atoms with Gasteiger partial charge in [-0.2, -0.15) is 0 Å². The molecule has 0 heterocycles. The number of amides is 1. The average molecular weight is 341 g/mol. The minimum atomic E-state index is -1.06. The second-order valence-electron chi connectivity index (χ2n) is 5.79. The van der Waals surface area contributed by atoms with Crippen molar-refractivity contribution in [3.05, 3.63) is 71.3 Å². The van der Waals surface area contributed by atoms with Gasteiger partial charge in [-0.3, -0.25) is 9.59 Å². The lowest BCUT2D eigenvalue weighted by Crippen LogP contribution is -2.37. The Morgan fingerprint density at radius 1 is 1.08 bits per heavy atom. The zero-order valence-electron chi connectivity index (χ0n) is 14.4. The number of carbonyl (C=O) groups excluding carboxylic acids is 2. The molecule has 0 aliphatic rings. The Balaban J connectivity index is 2.11. The molecule has 2 atom stereocenters. The van der Waals surface area contributed by atoms with Gasteiger partial charge in [0, 0.05) is 12.1 Å². The first kappa shape index (κ1) is 18.7. The zero-order chi connectivity index (χ0) is 18.2. The Morgan fingerprint density at radius 2 is 1.72 bits per heavy atom. The molecular weight excluding hydrogens is 318 g/mol. The summed E-state index contributed by atoms with van der Waals surface area (Å²) in [5.41, 5.74) is 2.16. The van der Waals surface area contributed by atoms with Crippen molar-refractivity contribution in [3.63, 3.8) is 0 Å². The van der Waals surface area contributed by atoms with Crippen LogP contribution in [0.15, 0.2) is 54.6 Å². The molecule has 5 heteroatoms. The Bertz CT molecular complexity index is 697. The topological polar surface area (TPSA) is 75.6 Å². The largest absolute Gasteiger partial charge is 0.466 e. The molecule has 0 fully saturated rings. The summed E-state index contributed by atoms with van der Waals surface area (Å²) in [4.78, 5) is 24.4. The minimum Gasteiger partial charge on any atom is -0.466 e. The summed E-state index contributed by atoms with van der Waals surface area (Å²) in [5.74, 6) is -1.72. The zero-order valence-corrected chi connectivity index (χ0v) is 14.4. The molecule has 0 bridgehead atoms. The summed E-state index contributed by atoms with van der Waals surface area (Å²) in [6.07, 6.45) is -1.06. The Morgan fingerprint density at radius 3 is 2.32 bits per heavy atom. The molecule has 0 aliphatic carbocycles. The van der Waals surface area contributed by atoms with Crippen molar-refractivity contribution in [1.29, 1.82) is 0 Å². The fraction of sp³-hybridized carbons (Fsp3) is 0.300. The molecule has 0 saturated heterocycles. The van der Waals surface area contributed by atoms with Gasteiger partial charge in [0.05, 0.1) is 12.7 Å². The molecule has 0 aliphatic heterocycles. The van der Waals surface area contributed by atoms with Crippen LogP contribution in [0.25, 0.3) is 0 Å². The second-order valence-corrected chi connectivity index (χ2v) is 5.79. The molecule has 25 heavy (non-hydrogen) atoms. The van der Waals surface area contributed by atoms with E-state index in [4.69, 9.17) is 4.74 Å². The third-order valence-electron chi connectivity index (χ3n) is 3.91. The van der Waals surface area contributed by atoms with Crippen molar-refractivity contribution in [2.45, 2.75) is 20.0 Å². The summed E-state index contributed by atoms with van der Waals surface area (Å²) in [5, 5.41) is 13.3. The molecule has 2 aromatic carbocycles. The number of esters is 1. The van der Waals surface area contributed by atoms with Gasteiger partial charge in [0.1, 0.15) is 5.92 Å². The van der Waals surface area contributed by atoms with Crippen LogP contribution in [-0.4, -0.2) is 30.1 Å². The molecule has 0 radical (unpaired) electrons. The van der Waals surface area contributed by atoms with Crippen molar-refractivity contribution < 1.29 is 19.4 Å². The van der Waals surface area contributed by atoms with Gasteiger partial charge in [0.15, 0.2) is 0 Å². The van der Waals surface area contributed by atoms with Crippen LogP contribution in [0.4, 0.5) is 0 Å². The van der Waals surface area contributed by atoms with Crippen LogP contribution in [0.2, 0.25) is 0 Å². The lowest BCUT2D eigenvalue weighted by Gasteiger charge is -2.22. The van der Waals surface area contributed by atoms with Gasteiger partial charge in [-0.1, -0.05) is 48.0 Å². The number of hydrogen-bond acceptors (Lipinski definition) is 4. The van der Waals surface area contributed by atoms with Gasteiger partial charge in [0.25, 0.3) is 5.91 Å². The molecule has 0 unspecified atom stereocenters. The third-order valence-corrected chi connectivity index (χ3v) is 3.91. The highest BCUT2D eigenvalue weighted by molar-refractivity contribution is 5.94. The summed E-state index contributed by atoms with van der Waals surface area (Å²) in [6, 6.07) is 16.0. The molecule has 2 N–H and O–H groups in total. The number of hydrogen-bond donors (Lipinski definition) is 2. The SMILES string of the molecule is CCOC(=O)[C@H](CNC(=O)c1ccccc1)[C@H](O)c1ccc(C)cc1. The van der Waals surface area contributed by atoms with E-state index in [0.29, 0.717) is 11.1 Å². The van der Waals surface area contributed by atoms with E-state index in [0.717, 1.165) is 5.56 Å². The monoisotopic (exact) mass is 341 g/mol. The summed E-state index contributed by atoms with van der Waals surface area (Å²) >= 11 is 0. The molecule has 1 amide bonds. The van der Waals surface area contributed by atoms with E-state index < -0.39 is 18.0 Å². The molecule has 2 rings (SSSR count). The number of benzene rings is 2. The van der Waals surface area contributed by atoms with Crippen molar-refractivity contribution in [1.82, 2.24) is 5.32 Å². The number of rotatable bonds is 7. The van der Waals surface area contributed by atoms with Crippen molar-refractivity contribution in [2.75, 3.05) is 13.2 Å². The van der Waals surface area contributed by atoms with E-state index in [1.54, 1.807) is 43.3 Å². The number of aliphatic hydroxyl groups excluding tert-OH is 1. The maximum Gasteiger partial charge on any atom is 0.313 e. The van der Waals surface area contributed by atoms with E-state index in [2.05, 4.69) is 5.32 Å². The van der Waals surface area contributed by atoms with Crippen LogP contribution in [0.3, 0.4) is 0 Å². The van der Waals surface area contributed by atoms with Gasteiger partial charge in [-0.25, -0.2) is 0 Å². The minimum absolute atomic E-state index is 0.0123. The van der Waals surface area contributed by atoms with Gasteiger partial charge >= 0.3 is 5.97 Å². The van der Waals surface area contributed by atoms with E-state index in [1.807, 2.05) is 25.1 Å². The standard InChI is InChI=1S/C20H23NO4/c1-3-25-20(24)17(18(22)15-11-9-14(2)10-12-15)13-21-19(23)16-7-5-4-6-8-16/h4-12,17-18,22H,3,13H2,1-2H3,(H,21,23)/t17-,18-/m1/s1. The first-order valence-electron chi connectivity index (χ1n) is 8.27.